The van der Waals surface area contributed by atoms with Crippen LogP contribution in [0, 0.1) is 0 Å². The predicted octanol–water partition coefficient (Wildman–Crippen LogP) is 2.45. The molecule has 8 heteroatoms. The summed E-state index contributed by atoms with van der Waals surface area (Å²) >= 11 is 0. The molecule has 0 spiro atoms. The summed E-state index contributed by atoms with van der Waals surface area (Å²) < 4.78 is 39.8. The second kappa shape index (κ2) is 7.67. The number of likely N-dealkylation sites (N-methyl/N-ethyl adjacent to an activating group) is 1. The van der Waals surface area contributed by atoms with E-state index >= 15 is 0 Å². The number of nitrogens with zero attached hydrogens (tertiary/aromatic N) is 1. The van der Waals surface area contributed by atoms with Gasteiger partial charge in [0, 0.05) is 20.0 Å². The molecule has 22 heavy (non-hydrogen) atoms. The Morgan fingerprint density at radius 3 is 2.32 bits per heavy atom. The number of halogens is 3. The Bertz CT molecular complexity index is 514. The zero-order chi connectivity index (χ0) is 16.8. The molecule has 5 nitrogen and oxygen atoms in total. The Morgan fingerprint density at radius 1 is 1.23 bits per heavy atom. The van der Waals surface area contributed by atoms with E-state index in [2.05, 4.69) is 4.74 Å². The Morgan fingerprint density at radius 2 is 1.82 bits per heavy atom. The van der Waals surface area contributed by atoms with Gasteiger partial charge in [-0.1, -0.05) is 12.1 Å². The SMILES string of the molecule is CN(CCCC(=O)O)C(=O)Cc1ccc(OC(F)(F)F)cc1. The third-order valence-electron chi connectivity index (χ3n) is 2.82. The Hall–Kier alpha value is -2.25. The summed E-state index contributed by atoms with van der Waals surface area (Å²) in [5.74, 6) is -1.52. The van der Waals surface area contributed by atoms with E-state index in [-0.39, 0.29) is 24.5 Å². The fourth-order valence-electron chi connectivity index (χ4n) is 1.71. The second-order valence-electron chi connectivity index (χ2n) is 4.68. The average molecular weight is 319 g/mol. The van der Waals surface area contributed by atoms with Gasteiger partial charge < -0.3 is 14.7 Å². The van der Waals surface area contributed by atoms with Gasteiger partial charge in [0.05, 0.1) is 6.42 Å². The van der Waals surface area contributed by atoms with E-state index in [1.165, 1.54) is 17.0 Å². The van der Waals surface area contributed by atoms with Crippen LogP contribution < -0.4 is 4.74 Å². The lowest BCUT2D eigenvalue weighted by atomic mass is 10.1. The standard InChI is InChI=1S/C14H16F3NO4/c1-18(8-2-3-13(20)21)12(19)9-10-4-6-11(7-5-10)22-14(15,16)17/h4-7H,2-3,8-9H2,1H3,(H,20,21). The number of benzene rings is 1. The molecule has 1 N–H and O–H groups in total. The van der Waals surface area contributed by atoms with Crippen molar-refractivity contribution in [3.63, 3.8) is 0 Å². The Balaban J connectivity index is 2.48. The number of carbonyl (C=O) groups is 2. The van der Waals surface area contributed by atoms with Crippen molar-refractivity contribution in [3.05, 3.63) is 29.8 Å². The number of ether oxygens (including phenoxy) is 1. The fourth-order valence-corrected chi connectivity index (χ4v) is 1.71. The van der Waals surface area contributed by atoms with Gasteiger partial charge in [0.1, 0.15) is 5.75 Å². The molecule has 0 unspecified atom stereocenters. The molecule has 1 aromatic rings. The van der Waals surface area contributed by atoms with E-state index in [4.69, 9.17) is 5.11 Å². The molecule has 0 aliphatic heterocycles. The van der Waals surface area contributed by atoms with Crippen LogP contribution in [0.2, 0.25) is 0 Å². The van der Waals surface area contributed by atoms with Crippen molar-refractivity contribution in [3.8, 4) is 5.75 Å². The summed E-state index contributed by atoms with van der Waals surface area (Å²) in [6.07, 6.45) is -4.41. The van der Waals surface area contributed by atoms with Crippen LogP contribution in [-0.4, -0.2) is 41.8 Å². The van der Waals surface area contributed by atoms with E-state index < -0.39 is 12.3 Å². The van der Waals surface area contributed by atoms with E-state index in [0.29, 0.717) is 18.5 Å². The van der Waals surface area contributed by atoms with Gasteiger partial charge in [0.15, 0.2) is 0 Å². The van der Waals surface area contributed by atoms with Gasteiger partial charge in [-0.2, -0.15) is 0 Å². The van der Waals surface area contributed by atoms with Crippen LogP contribution in [0.15, 0.2) is 24.3 Å². The number of rotatable bonds is 7. The molecular formula is C14H16F3NO4. The molecule has 1 aromatic carbocycles. The number of amides is 1. The van der Waals surface area contributed by atoms with Crippen molar-refractivity contribution < 1.29 is 32.6 Å². The Labute approximate surface area is 125 Å². The zero-order valence-electron chi connectivity index (χ0n) is 11.9. The molecule has 0 atom stereocenters. The van der Waals surface area contributed by atoms with Crippen LogP contribution in [0.25, 0.3) is 0 Å². The molecule has 0 aliphatic carbocycles. The number of carbonyl (C=O) groups excluding carboxylic acids is 1. The number of hydrogen-bond donors (Lipinski definition) is 1. The molecule has 0 heterocycles. The predicted molar refractivity (Wildman–Crippen MR) is 71.3 cm³/mol. The number of carboxylic acid groups (broad SMARTS) is 1. The van der Waals surface area contributed by atoms with Crippen molar-refractivity contribution in [2.45, 2.75) is 25.6 Å². The first-order chi connectivity index (χ1) is 10.2. The Kier molecular flexibility index (Phi) is 6.21. The van der Waals surface area contributed by atoms with Crippen molar-refractivity contribution in [2.75, 3.05) is 13.6 Å². The molecule has 0 bridgehead atoms. The number of hydrogen-bond acceptors (Lipinski definition) is 3. The molecule has 0 aromatic heterocycles. The highest BCUT2D eigenvalue weighted by Gasteiger charge is 2.30. The zero-order valence-corrected chi connectivity index (χ0v) is 11.9. The van der Waals surface area contributed by atoms with Crippen molar-refractivity contribution >= 4 is 11.9 Å². The van der Waals surface area contributed by atoms with Crippen LogP contribution in [0.5, 0.6) is 5.75 Å². The minimum absolute atomic E-state index is 0.0237. The van der Waals surface area contributed by atoms with Crippen LogP contribution in [-0.2, 0) is 16.0 Å². The smallest absolute Gasteiger partial charge is 0.481 e. The summed E-state index contributed by atoms with van der Waals surface area (Å²) in [5, 5.41) is 8.51. The summed E-state index contributed by atoms with van der Waals surface area (Å²) in [6.45, 7) is 0.306. The molecule has 1 amide bonds. The lowest BCUT2D eigenvalue weighted by Gasteiger charge is -2.16. The largest absolute Gasteiger partial charge is 0.573 e. The summed E-state index contributed by atoms with van der Waals surface area (Å²) in [4.78, 5) is 23.6. The van der Waals surface area contributed by atoms with Crippen LogP contribution in [0.4, 0.5) is 13.2 Å². The van der Waals surface area contributed by atoms with Crippen LogP contribution in [0.3, 0.4) is 0 Å². The maximum Gasteiger partial charge on any atom is 0.573 e. The third-order valence-corrected chi connectivity index (χ3v) is 2.82. The minimum Gasteiger partial charge on any atom is -0.481 e. The van der Waals surface area contributed by atoms with E-state index in [1.807, 2.05) is 0 Å². The average Bonchev–Trinajstić information content (AvgIpc) is 2.38. The first-order valence-electron chi connectivity index (χ1n) is 6.48. The number of carboxylic acids is 1. The summed E-state index contributed by atoms with van der Waals surface area (Å²) in [5.41, 5.74) is 0.546. The molecule has 122 valence electrons. The maximum atomic E-state index is 12.0. The monoisotopic (exact) mass is 319 g/mol. The van der Waals surface area contributed by atoms with Crippen LogP contribution >= 0.6 is 0 Å². The van der Waals surface area contributed by atoms with Gasteiger partial charge in [-0.15, -0.1) is 13.2 Å². The van der Waals surface area contributed by atoms with Crippen LogP contribution in [0.1, 0.15) is 18.4 Å². The number of aliphatic carboxylic acids is 1. The lowest BCUT2D eigenvalue weighted by Crippen LogP contribution is -2.29. The fraction of sp³-hybridized carbons (Fsp3) is 0.429. The van der Waals surface area contributed by atoms with E-state index in [1.54, 1.807) is 7.05 Å². The van der Waals surface area contributed by atoms with Crippen molar-refractivity contribution in [1.82, 2.24) is 4.90 Å². The summed E-state index contributed by atoms with van der Waals surface area (Å²) in [7, 11) is 1.55. The highest BCUT2D eigenvalue weighted by atomic mass is 19.4. The summed E-state index contributed by atoms with van der Waals surface area (Å²) in [6, 6.07) is 5.04. The maximum absolute atomic E-state index is 12.0. The normalized spacial score (nSPS) is 11.1. The number of alkyl halides is 3. The van der Waals surface area contributed by atoms with Gasteiger partial charge in [-0.25, -0.2) is 0 Å². The molecule has 0 radical (unpaired) electrons. The van der Waals surface area contributed by atoms with Crippen molar-refractivity contribution in [1.29, 1.82) is 0 Å². The van der Waals surface area contributed by atoms with Gasteiger partial charge in [0.25, 0.3) is 0 Å². The molecule has 0 saturated heterocycles. The van der Waals surface area contributed by atoms with Gasteiger partial charge >= 0.3 is 12.3 Å². The third kappa shape index (κ3) is 6.96. The van der Waals surface area contributed by atoms with E-state index in [0.717, 1.165) is 12.1 Å². The highest BCUT2D eigenvalue weighted by Crippen LogP contribution is 2.22. The quantitative estimate of drug-likeness (QED) is 0.838. The molecule has 0 fully saturated rings. The second-order valence-corrected chi connectivity index (χ2v) is 4.68. The van der Waals surface area contributed by atoms with Gasteiger partial charge in [0.2, 0.25) is 5.91 Å². The molecule has 0 aliphatic rings. The topological polar surface area (TPSA) is 66.8 Å². The molecule has 0 saturated carbocycles. The first kappa shape index (κ1) is 17.8. The van der Waals surface area contributed by atoms with Crippen molar-refractivity contribution in [2.24, 2.45) is 0 Å². The minimum atomic E-state index is -4.75. The first-order valence-corrected chi connectivity index (χ1v) is 6.48. The van der Waals surface area contributed by atoms with Gasteiger partial charge in [-0.3, -0.25) is 9.59 Å². The van der Waals surface area contributed by atoms with Gasteiger partial charge in [-0.05, 0) is 24.1 Å². The van der Waals surface area contributed by atoms with E-state index in [9.17, 15) is 22.8 Å². The molecular weight excluding hydrogens is 303 g/mol. The molecule has 1 rings (SSSR count). The highest BCUT2D eigenvalue weighted by molar-refractivity contribution is 5.78. The lowest BCUT2D eigenvalue weighted by molar-refractivity contribution is -0.274.